The molecule has 3 aliphatic rings. The third-order valence-corrected chi connectivity index (χ3v) is 8.93. The number of methoxy groups -OCH3 is 1. The Balaban J connectivity index is 1.39. The summed E-state index contributed by atoms with van der Waals surface area (Å²) in [7, 11) is 1.69. The Labute approximate surface area is 236 Å². The van der Waals surface area contributed by atoms with Crippen LogP contribution in [0.2, 0.25) is 0 Å². The van der Waals surface area contributed by atoms with Crippen molar-refractivity contribution in [3.8, 4) is 39.9 Å². The average Bonchev–Trinajstić information content (AvgIpc) is 3.46. The molecule has 1 aliphatic heterocycles. The van der Waals surface area contributed by atoms with E-state index in [9.17, 15) is 15.3 Å². The van der Waals surface area contributed by atoms with Crippen LogP contribution in [0.1, 0.15) is 92.6 Å². The van der Waals surface area contributed by atoms with Gasteiger partial charge >= 0.3 is 0 Å². The fourth-order valence-corrected chi connectivity index (χ4v) is 6.96. The third kappa shape index (κ3) is 4.98. The summed E-state index contributed by atoms with van der Waals surface area (Å²) in [4.78, 5) is 0. The SMILES string of the molecule is CCCCC[C@H]1Cc2cc(O)ccc2-c2c(OC)cc3c(c21)C[C@@H](O)[C@H](c1ccc(O)c(OC2CCCC2)c1)O3. The van der Waals surface area contributed by atoms with Crippen LogP contribution in [0.5, 0.6) is 28.7 Å². The van der Waals surface area contributed by atoms with Crippen LogP contribution >= 0.6 is 0 Å². The molecule has 0 saturated heterocycles. The maximum Gasteiger partial charge on any atom is 0.161 e. The molecule has 0 amide bonds. The lowest BCUT2D eigenvalue weighted by Crippen LogP contribution is -2.32. The molecule has 6 rings (SSSR count). The van der Waals surface area contributed by atoms with Gasteiger partial charge in [-0.25, -0.2) is 0 Å². The van der Waals surface area contributed by atoms with Gasteiger partial charge in [0, 0.05) is 23.6 Å². The second-order valence-corrected chi connectivity index (χ2v) is 11.6. The normalized spacial score (nSPS) is 21.7. The number of phenols is 2. The van der Waals surface area contributed by atoms with Crippen molar-refractivity contribution < 1.29 is 29.5 Å². The van der Waals surface area contributed by atoms with Crippen LogP contribution in [0.3, 0.4) is 0 Å². The largest absolute Gasteiger partial charge is 0.508 e. The van der Waals surface area contributed by atoms with Gasteiger partial charge in [0.1, 0.15) is 23.4 Å². The molecule has 3 aromatic rings. The minimum Gasteiger partial charge on any atom is -0.508 e. The van der Waals surface area contributed by atoms with Crippen molar-refractivity contribution in [3.63, 3.8) is 0 Å². The fraction of sp³-hybridized carbons (Fsp3) is 0.471. The molecule has 40 heavy (non-hydrogen) atoms. The highest BCUT2D eigenvalue weighted by atomic mass is 16.5. The lowest BCUT2D eigenvalue weighted by molar-refractivity contribution is 0.0200. The van der Waals surface area contributed by atoms with Gasteiger partial charge in [0.15, 0.2) is 11.5 Å². The quantitative estimate of drug-likeness (QED) is 0.257. The second-order valence-electron chi connectivity index (χ2n) is 11.6. The van der Waals surface area contributed by atoms with Crippen molar-refractivity contribution in [1.29, 1.82) is 0 Å². The van der Waals surface area contributed by atoms with Crippen LogP contribution in [-0.2, 0) is 12.8 Å². The molecule has 0 unspecified atom stereocenters. The minimum absolute atomic E-state index is 0.108. The van der Waals surface area contributed by atoms with Crippen LogP contribution in [0, 0.1) is 0 Å². The number of benzene rings is 3. The van der Waals surface area contributed by atoms with Gasteiger partial charge in [-0.1, -0.05) is 38.3 Å². The first-order valence-electron chi connectivity index (χ1n) is 14.9. The Morgan fingerprint density at radius 3 is 2.55 bits per heavy atom. The summed E-state index contributed by atoms with van der Waals surface area (Å²) < 4.78 is 18.7. The van der Waals surface area contributed by atoms with E-state index in [1.165, 1.54) is 5.56 Å². The van der Waals surface area contributed by atoms with E-state index in [0.29, 0.717) is 12.2 Å². The zero-order valence-electron chi connectivity index (χ0n) is 23.5. The summed E-state index contributed by atoms with van der Waals surface area (Å²) in [5.74, 6) is 2.55. The van der Waals surface area contributed by atoms with E-state index in [-0.39, 0.29) is 23.5 Å². The Kier molecular flexibility index (Phi) is 7.54. The molecule has 3 aromatic carbocycles. The summed E-state index contributed by atoms with van der Waals surface area (Å²) in [6.07, 6.45) is 8.78. The lowest BCUT2D eigenvalue weighted by Gasteiger charge is -2.37. The van der Waals surface area contributed by atoms with Gasteiger partial charge in [0.2, 0.25) is 0 Å². The van der Waals surface area contributed by atoms with Gasteiger partial charge in [0.25, 0.3) is 0 Å². The highest BCUT2D eigenvalue weighted by Crippen LogP contribution is 2.53. The molecule has 0 radical (unpaired) electrons. The summed E-state index contributed by atoms with van der Waals surface area (Å²) in [5, 5.41) is 32.2. The molecule has 6 heteroatoms. The van der Waals surface area contributed by atoms with Crippen LogP contribution in [0.4, 0.5) is 0 Å². The fourth-order valence-electron chi connectivity index (χ4n) is 6.96. The van der Waals surface area contributed by atoms with Gasteiger partial charge in [0.05, 0.1) is 19.3 Å². The van der Waals surface area contributed by atoms with Gasteiger partial charge in [-0.2, -0.15) is 0 Å². The van der Waals surface area contributed by atoms with E-state index >= 15 is 0 Å². The van der Waals surface area contributed by atoms with Crippen molar-refractivity contribution in [1.82, 2.24) is 0 Å². The van der Waals surface area contributed by atoms with E-state index in [0.717, 1.165) is 97.1 Å². The molecular weight excluding hydrogens is 504 g/mol. The van der Waals surface area contributed by atoms with Crippen LogP contribution in [-0.4, -0.2) is 34.6 Å². The summed E-state index contributed by atoms with van der Waals surface area (Å²) in [5.41, 5.74) is 6.28. The number of aromatic hydroxyl groups is 2. The Morgan fingerprint density at radius 1 is 0.950 bits per heavy atom. The number of phenolic OH excluding ortho intramolecular Hbond substituents is 2. The molecule has 0 spiro atoms. The highest BCUT2D eigenvalue weighted by Gasteiger charge is 2.38. The number of hydrogen-bond acceptors (Lipinski definition) is 6. The maximum atomic E-state index is 11.5. The van der Waals surface area contributed by atoms with Crippen LogP contribution in [0.15, 0.2) is 42.5 Å². The zero-order chi connectivity index (χ0) is 27.8. The van der Waals surface area contributed by atoms with E-state index in [2.05, 4.69) is 6.92 Å². The number of rotatable bonds is 8. The molecule has 3 N–H and O–H groups in total. The molecule has 1 saturated carbocycles. The molecule has 0 bridgehead atoms. The number of fused-ring (bicyclic) bond motifs is 5. The number of hydrogen-bond donors (Lipinski definition) is 3. The smallest absolute Gasteiger partial charge is 0.161 e. The summed E-state index contributed by atoms with van der Waals surface area (Å²) in [6.45, 7) is 2.21. The predicted molar refractivity (Wildman–Crippen MR) is 155 cm³/mol. The third-order valence-electron chi connectivity index (χ3n) is 8.93. The Bertz CT molecular complexity index is 1380. The molecule has 3 atom stereocenters. The summed E-state index contributed by atoms with van der Waals surface area (Å²) in [6, 6.07) is 12.8. The van der Waals surface area contributed by atoms with E-state index in [4.69, 9.17) is 14.2 Å². The molecular formula is C34H40O6. The van der Waals surface area contributed by atoms with Gasteiger partial charge in [-0.05, 0) is 91.0 Å². The molecule has 212 valence electrons. The minimum atomic E-state index is -0.758. The van der Waals surface area contributed by atoms with E-state index in [1.807, 2.05) is 30.3 Å². The van der Waals surface area contributed by atoms with E-state index in [1.54, 1.807) is 19.2 Å². The molecule has 2 aliphatic carbocycles. The molecule has 1 fully saturated rings. The topological polar surface area (TPSA) is 88.4 Å². The van der Waals surface area contributed by atoms with Gasteiger partial charge in [-0.3, -0.25) is 0 Å². The van der Waals surface area contributed by atoms with Crippen molar-refractivity contribution in [2.75, 3.05) is 7.11 Å². The molecule has 1 heterocycles. The number of aliphatic hydroxyl groups excluding tert-OH is 1. The van der Waals surface area contributed by atoms with Crippen molar-refractivity contribution in [2.45, 2.75) is 95.4 Å². The van der Waals surface area contributed by atoms with Gasteiger partial charge < -0.3 is 29.5 Å². The average molecular weight is 545 g/mol. The van der Waals surface area contributed by atoms with Crippen molar-refractivity contribution >= 4 is 0 Å². The number of aliphatic hydroxyl groups is 1. The number of ether oxygens (including phenoxy) is 3. The van der Waals surface area contributed by atoms with Gasteiger partial charge in [-0.15, -0.1) is 0 Å². The first-order chi connectivity index (χ1) is 19.5. The monoisotopic (exact) mass is 544 g/mol. The van der Waals surface area contributed by atoms with Crippen molar-refractivity contribution in [2.24, 2.45) is 0 Å². The number of unbranched alkanes of at least 4 members (excludes halogenated alkanes) is 2. The van der Waals surface area contributed by atoms with Crippen LogP contribution < -0.4 is 14.2 Å². The zero-order valence-corrected chi connectivity index (χ0v) is 23.5. The second kappa shape index (κ2) is 11.2. The first-order valence-corrected chi connectivity index (χ1v) is 14.9. The standard InChI is InChI=1S/C34H40O6/c1-3-4-5-8-20-15-22-16-23(35)12-13-25(22)33-31(38-2)19-29-26(32(20)33)18-28(37)34(40-29)21-11-14-27(36)30(17-21)39-24-9-6-7-10-24/h11-14,16-17,19-20,24,28,34-37H,3-10,15,18H2,1-2H3/t20-,28+,34-/m0/s1. The summed E-state index contributed by atoms with van der Waals surface area (Å²) >= 11 is 0. The van der Waals surface area contributed by atoms with Crippen molar-refractivity contribution in [3.05, 3.63) is 64.7 Å². The Morgan fingerprint density at radius 2 is 1.77 bits per heavy atom. The predicted octanol–water partition coefficient (Wildman–Crippen LogP) is 7.35. The lowest BCUT2D eigenvalue weighted by atomic mass is 9.72. The molecule has 0 aromatic heterocycles. The van der Waals surface area contributed by atoms with Crippen LogP contribution in [0.25, 0.3) is 11.1 Å². The first kappa shape index (κ1) is 26.8. The highest BCUT2D eigenvalue weighted by molar-refractivity contribution is 5.83. The molecule has 6 nitrogen and oxygen atoms in total. The maximum absolute atomic E-state index is 11.5. The Hall–Kier alpha value is -3.38. The van der Waals surface area contributed by atoms with E-state index < -0.39 is 12.2 Å².